The molecule has 0 aliphatic carbocycles. The standard InChI is InChI=1S/C16H26N2O4S2.ClH/c1-4-17-12-14-7-9-18(10-8-14)24(21,22)16-11-15(23(3,19)20)6-5-13(16)2;/h5-6,11,14,17H,4,7-10,12H2,1-3H3;1H. The molecular formula is C16H27ClN2O4S2. The van der Waals surface area contributed by atoms with Crippen LogP contribution in [0.3, 0.4) is 0 Å². The van der Waals surface area contributed by atoms with Gasteiger partial charge in [0.2, 0.25) is 10.0 Å². The van der Waals surface area contributed by atoms with Crippen molar-refractivity contribution in [3.63, 3.8) is 0 Å². The molecule has 1 N–H and O–H groups in total. The van der Waals surface area contributed by atoms with Crippen molar-refractivity contribution in [2.75, 3.05) is 32.4 Å². The lowest BCUT2D eigenvalue weighted by Crippen LogP contribution is -2.41. The molecule has 1 saturated heterocycles. The molecule has 1 aromatic rings. The minimum absolute atomic E-state index is 0. The number of aryl methyl sites for hydroxylation is 1. The minimum atomic E-state index is -3.67. The lowest BCUT2D eigenvalue weighted by atomic mass is 9.98. The number of nitrogens with zero attached hydrogens (tertiary/aromatic N) is 1. The van der Waals surface area contributed by atoms with Crippen molar-refractivity contribution in [2.24, 2.45) is 5.92 Å². The first kappa shape index (κ1) is 22.4. The molecule has 1 aliphatic rings. The van der Waals surface area contributed by atoms with Crippen molar-refractivity contribution in [1.29, 1.82) is 0 Å². The number of benzene rings is 1. The van der Waals surface area contributed by atoms with Gasteiger partial charge in [-0.25, -0.2) is 16.8 Å². The minimum Gasteiger partial charge on any atom is -0.317 e. The van der Waals surface area contributed by atoms with Gasteiger partial charge in [-0.3, -0.25) is 0 Å². The van der Waals surface area contributed by atoms with Crippen LogP contribution in [-0.4, -0.2) is 53.6 Å². The molecule has 9 heteroatoms. The van der Waals surface area contributed by atoms with E-state index in [-0.39, 0.29) is 22.2 Å². The molecule has 25 heavy (non-hydrogen) atoms. The van der Waals surface area contributed by atoms with Crippen LogP contribution >= 0.6 is 12.4 Å². The van der Waals surface area contributed by atoms with Crippen LogP contribution in [0, 0.1) is 12.8 Å². The fourth-order valence-corrected chi connectivity index (χ4v) is 5.37. The fraction of sp³-hybridized carbons (Fsp3) is 0.625. The Morgan fingerprint density at radius 1 is 1.16 bits per heavy atom. The van der Waals surface area contributed by atoms with Crippen LogP contribution in [0.15, 0.2) is 28.0 Å². The number of nitrogens with one attached hydrogen (secondary N) is 1. The van der Waals surface area contributed by atoms with E-state index in [0.29, 0.717) is 24.6 Å². The Bertz CT molecular complexity index is 786. The highest BCUT2D eigenvalue weighted by atomic mass is 35.5. The molecule has 0 spiro atoms. The number of sulfonamides is 1. The van der Waals surface area contributed by atoms with E-state index in [4.69, 9.17) is 0 Å². The Hall–Kier alpha value is -0.670. The topological polar surface area (TPSA) is 83.6 Å². The Kier molecular flexibility index (Phi) is 7.89. The van der Waals surface area contributed by atoms with E-state index < -0.39 is 19.9 Å². The van der Waals surface area contributed by atoms with E-state index >= 15 is 0 Å². The summed E-state index contributed by atoms with van der Waals surface area (Å²) in [6.07, 6.45) is 2.72. The molecule has 1 heterocycles. The van der Waals surface area contributed by atoms with Crippen molar-refractivity contribution in [1.82, 2.24) is 9.62 Å². The summed E-state index contributed by atoms with van der Waals surface area (Å²) >= 11 is 0. The van der Waals surface area contributed by atoms with Gasteiger partial charge in [0, 0.05) is 19.3 Å². The Morgan fingerprint density at radius 2 is 1.76 bits per heavy atom. The fourth-order valence-electron chi connectivity index (χ4n) is 2.93. The summed E-state index contributed by atoms with van der Waals surface area (Å²) < 4.78 is 50.8. The molecule has 0 radical (unpaired) electrons. The van der Waals surface area contributed by atoms with Crippen LogP contribution in [0.2, 0.25) is 0 Å². The largest absolute Gasteiger partial charge is 0.317 e. The van der Waals surface area contributed by atoms with Crippen molar-refractivity contribution in [3.8, 4) is 0 Å². The highest BCUT2D eigenvalue weighted by Crippen LogP contribution is 2.27. The van der Waals surface area contributed by atoms with Crippen LogP contribution in [0.1, 0.15) is 25.3 Å². The van der Waals surface area contributed by atoms with Crippen molar-refractivity contribution in [2.45, 2.75) is 36.5 Å². The number of hydrogen-bond acceptors (Lipinski definition) is 5. The van der Waals surface area contributed by atoms with Crippen molar-refractivity contribution < 1.29 is 16.8 Å². The third-order valence-electron chi connectivity index (χ3n) is 4.46. The van der Waals surface area contributed by atoms with Crippen molar-refractivity contribution in [3.05, 3.63) is 23.8 Å². The molecule has 0 aromatic heterocycles. The second-order valence-corrected chi connectivity index (χ2v) is 10.3. The van der Waals surface area contributed by atoms with Gasteiger partial charge in [-0.2, -0.15) is 4.31 Å². The van der Waals surface area contributed by atoms with Crippen LogP contribution in [-0.2, 0) is 19.9 Å². The zero-order valence-electron chi connectivity index (χ0n) is 14.9. The molecule has 1 aromatic carbocycles. The lowest BCUT2D eigenvalue weighted by molar-refractivity contribution is 0.268. The molecule has 1 aliphatic heterocycles. The Balaban J connectivity index is 0.00000312. The van der Waals surface area contributed by atoms with Crippen LogP contribution in [0.25, 0.3) is 0 Å². The molecule has 144 valence electrons. The first-order valence-corrected chi connectivity index (χ1v) is 11.5. The van der Waals surface area contributed by atoms with Gasteiger partial charge in [-0.15, -0.1) is 12.4 Å². The number of sulfone groups is 1. The van der Waals surface area contributed by atoms with Crippen LogP contribution in [0.4, 0.5) is 0 Å². The number of hydrogen-bond donors (Lipinski definition) is 1. The highest BCUT2D eigenvalue weighted by Gasteiger charge is 2.30. The summed E-state index contributed by atoms with van der Waals surface area (Å²) in [6, 6.07) is 4.29. The monoisotopic (exact) mass is 410 g/mol. The van der Waals surface area contributed by atoms with E-state index in [1.807, 2.05) is 0 Å². The van der Waals surface area contributed by atoms with Crippen molar-refractivity contribution >= 4 is 32.3 Å². The predicted octanol–water partition coefficient (Wildman–Crippen LogP) is 1.83. The number of rotatable bonds is 6. The Morgan fingerprint density at radius 3 is 2.28 bits per heavy atom. The van der Waals surface area contributed by atoms with E-state index in [2.05, 4.69) is 12.2 Å². The van der Waals surface area contributed by atoms with E-state index in [1.165, 1.54) is 16.4 Å². The SMILES string of the molecule is CCNCC1CCN(S(=O)(=O)c2cc(S(C)(=O)=O)ccc2C)CC1.Cl. The number of piperidine rings is 1. The predicted molar refractivity (Wildman–Crippen MR) is 102 cm³/mol. The zero-order chi connectivity index (χ0) is 18.0. The Labute approximate surface area is 157 Å². The van der Waals surface area contributed by atoms with Gasteiger partial charge in [0.25, 0.3) is 0 Å². The van der Waals surface area contributed by atoms with E-state index in [9.17, 15) is 16.8 Å². The molecule has 0 unspecified atom stereocenters. The smallest absolute Gasteiger partial charge is 0.243 e. The quantitative estimate of drug-likeness (QED) is 0.773. The summed E-state index contributed by atoms with van der Waals surface area (Å²) in [5.41, 5.74) is 0.567. The summed E-state index contributed by atoms with van der Waals surface area (Å²) in [5, 5.41) is 3.30. The zero-order valence-corrected chi connectivity index (χ0v) is 17.3. The molecule has 1 fully saturated rings. The average molecular weight is 411 g/mol. The van der Waals surface area contributed by atoms with Crippen LogP contribution < -0.4 is 5.32 Å². The van der Waals surface area contributed by atoms with Gasteiger partial charge in [-0.05, 0) is 56.5 Å². The average Bonchev–Trinajstić information content (AvgIpc) is 2.52. The van der Waals surface area contributed by atoms with Gasteiger partial charge in [-0.1, -0.05) is 13.0 Å². The first-order chi connectivity index (χ1) is 11.2. The van der Waals surface area contributed by atoms with Gasteiger partial charge in [0.15, 0.2) is 9.84 Å². The summed E-state index contributed by atoms with van der Waals surface area (Å²) in [6.45, 7) is 6.51. The normalized spacial score (nSPS) is 17.2. The summed E-state index contributed by atoms with van der Waals surface area (Å²) in [5.74, 6) is 0.486. The van der Waals surface area contributed by atoms with E-state index in [1.54, 1.807) is 13.0 Å². The molecular weight excluding hydrogens is 384 g/mol. The molecule has 0 amide bonds. The first-order valence-electron chi connectivity index (χ1n) is 8.18. The second-order valence-electron chi connectivity index (χ2n) is 6.35. The molecule has 2 rings (SSSR count). The molecule has 0 saturated carbocycles. The summed E-state index contributed by atoms with van der Waals surface area (Å²) in [4.78, 5) is 0.129. The molecule has 0 atom stereocenters. The van der Waals surface area contributed by atoms with Crippen LogP contribution in [0.5, 0.6) is 0 Å². The highest BCUT2D eigenvalue weighted by molar-refractivity contribution is 7.91. The molecule has 6 nitrogen and oxygen atoms in total. The van der Waals surface area contributed by atoms with Gasteiger partial charge in [0.05, 0.1) is 9.79 Å². The molecule has 0 bridgehead atoms. The number of halogens is 1. The lowest BCUT2D eigenvalue weighted by Gasteiger charge is -2.31. The second kappa shape index (κ2) is 8.81. The van der Waals surface area contributed by atoms with Gasteiger partial charge >= 0.3 is 0 Å². The third kappa shape index (κ3) is 5.40. The maximum Gasteiger partial charge on any atom is 0.243 e. The maximum atomic E-state index is 12.9. The van der Waals surface area contributed by atoms with Gasteiger partial charge < -0.3 is 5.32 Å². The maximum absolute atomic E-state index is 12.9. The summed E-state index contributed by atoms with van der Waals surface area (Å²) in [7, 11) is -7.11. The van der Waals surface area contributed by atoms with E-state index in [0.717, 1.165) is 32.2 Å². The third-order valence-corrected chi connectivity index (χ3v) is 7.61. The van der Waals surface area contributed by atoms with Gasteiger partial charge in [0.1, 0.15) is 0 Å².